The largest absolute Gasteiger partial charge is 0.329 e. The van der Waals surface area contributed by atoms with Gasteiger partial charge in [-0.1, -0.05) is 6.92 Å². The average Bonchev–Trinajstić information content (AvgIpc) is 3.29. The first-order chi connectivity index (χ1) is 16.5. The van der Waals surface area contributed by atoms with E-state index in [0.29, 0.717) is 24.6 Å². The highest BCUT2D eigenvalue weighted by Gasteiger charge is 2.41. The summed E-state index contributed by atoms with van der Waals surface area (Å²) in [7, 11) is 0. The van der Waals surface area contributed by atoms with Crippen molar-refractivity contribution in [2.45, 2.75) is 63.3 Å². The lowest BCUT2D eigenvalue weighted by molar-refractivity contribution is -0.117. The molecule has 2 aliphatic carbocycles. The SMILES string of the molecule is CC1(c2cc(Nc3nc(N4CCC[C@H]4C(=O)Nc4ccc(F)nc4)nc4c3CCC4)n[nH]2)CC1. The highest BCUT2D eigenvalue weighted by Crippen LogP contribution is 2.47. The number of hydrogen-bond acceptors (Lipinski definition) is 7. The fraction of sp³-hybridized carbons (Fsp3) is 0.458. The Bertz CT molecular complexity index is 1240. The van der Waals surface area contributed by atoms with Crippen LogP contribution in [0.5, 0.6) is 0 Å². The van der Waals surface area contributed by atoms with E-state index < -0.39 is 12.0 Å². The van der Waals surface area contributed by atoms with Gasteiger partial charge >= 0.3 is 0 Å². The highest BCUT2D eigenvalue weighted by atomic mass is 19.1. The number of amides is 1. The Kier molecular flexibility index (Phi) is 4.96. The summed E-state index contributed by atoms with van der Waals surface area (Å²) in [4.78, 5) is 28.3. The smallest absolute Gasteiger partial charge is 0.247 e. The predicted octanol–water partition coefficient (Wildman–Crippen LogP) is 3.63. The van der Waals surface area contributed by atoms with Crippen LogP contribution in [-0.2, 0) is 23.1 Å². The van der Waals surface area contributed by atoms with Gasteiger partial charge < -0.3 is 15.5 Å². The van der Waals surface area contributed by atoms with E-state index in [0.717, 1.165) is 54.3 Å². The van der Waals surface area contributed by atoms with Gasteiger partial charge in [0.15, 0.2) is 5.82 Å². The zero-order valence-corrected chi connectivity index (χ0v) is 19.1. The molecule has 9 nitrogen and oxygen atoms in total. The maximum atomic E-state index is 13.1. The van der Waals surface area contributed by atoms with Crippen LogP contribution in [0, 0.1) is 5.95 Å². The number of nitrogens with one attached hydrogen (secondary N) is 3. The minimum absolute atomic E-state index is 0.167. The van der Waals surface area contributed by atoms with Gasteiger partial charge in [0.05, 0.1) is 17.6 Å². The van der Waals surface area contributed by atoms with E-state index in [4.69, 9.17) is 9.97 Å². The molecule has 0 unspecified atom stereocenters. The van der Waals surface area contributed by atoms with Crippen LogP contribution in [0.4, 0.5) is 27.7 Å². The van der Waals surface area contributed by atoms with E-state index in [1.54, 1.807) is 0 Å². The number of pyridine rings is 1. The van der Waals surface area contributed by atoms with Crippen molar-refractivity contribution in [2.24, 2.45) is 0 Å². The molecule has 34 heavy (non-hydrogen) atoms. The Labute approximate surface area is 196 Å². The molecule has 2 fully saturated rings. The number of carbonyl (C=O) groups excluding carboxylic acids is 1. The summed E-state index contributed by atoms with van der Waals surface area (Å²) in [6, 6.07) is 4.41. The van der Waals surface area contributed by atoms with Gasteiger partial charge in [0.1, 0.15) is 11.9 Å². The topological polar surface area (TPSA) is 112 Å². The van der Waals surface area contributed by atoms with E-state index in [1.807, 2.05) is 4.90 Å². The number of aryl methyl sites for hydroxylation is 1. The first-order valence-electron chi connectivity index (χ1n) is 11.9. The number of anilines is 4. The van der Waals surface area contributed by atoms with Gasteiger partial charge in [0.25, 0.3) is 0 Å². The summed E-state index contributed by atoms with van der Waals surface area (Å²) in [6.07, 6.45) is 8.09. The number of nitrogens with zero attached hydrogens (tertiary/aromatic N) is 5. The molecule has 3 aromatic rings. The lowest BCUT2D eigenvalue weighted by Crippen LogP contribution is -2.40. The molecule has 10 heteroatoms. The summed E-state index contributed by atoms with van der Waals surface area (Å²) < 4.78 is 13.1. The molecule has 1 aliphatic heterocycles. The van der Waals surface area contributed by atoms with Gasteiger partial charge in [-0.3, -0.25) is 9.89 Å². The van der Waals surface area contributed by atoms with Gasteiger partial charge in [-0.25, -0.2) is 9.97 Å². The monoisotopic (exact) mass is 462 g/mol. The molecule has 0 spiro atoms. The number of fused-ring (bicyclic) bond motifs is 1. The normalized spacial score (nSPS) is 20.3. The van der Waals surface area contributed by atoms with Gasteiger partial charge in [-0.2, -0.15) is 14.5 Å². The van der Waals surface area contributed by atoms with E-state index in [1.165, 1.54) is 31.2 Å². The van der Waals surface area contributed by atoms with Crippen LogP contribution >= 0.6 is 0 Å². The van der Waals surface area contributed by atoms with Crippen LogP contribution < -0.4 is 15.5 Å². The minimum atomic E-state index is -0.581. The zero-order chi connectivity index (χ0) is 23.3. The number of halogens is 1. The van der Waals surface area contributed by atoms with E-state index >= 15 is 0 Å². The highest BCUT2D eigenvalue weighted by molar-refractivity contribution is 5.96. The number of H-pyrrole nitrogens is 1. The molecular weight excluding hydrogens is 435 g/mol. The van der Waals surface area contributed by atoms with Crippen LogP contribution in [0.3, 0.4) is 0 Å². The molecule has 3 aromatic heterocycles. The van der Waals surface area contributed by atoms with Crippen LogP contribution in [0.2, 0.25) is 0 Å². The zero-order valence-electron chi connectivity index (χ0n) is 19.1. The number of carbonyl (C=O) groups is 1. The van der Waals surface area contributed by atoms with Crippen LogP contribution in [0.25, 0.3) is 0 Å². The lowest BCUT2D eigenvalue weighted by Gasteiger charge is -2.25. The second-order valence-electron chi connectivity index (χ2n) is 9.71. The Hall–Kier alpha value is -3.56. The van der Waals surface area contributed by atoms with Gasteiger partial charge in [-0.15, -0.1) is 0 Å². The standard InChI is InChI=1S/C24H27FN8O/c1-24(9-10-24)18-12-20(32-31-18)29-21-15-4-2-5-16(15)28-23(30-21)33-11-3-6-17(33)22(34)27-14-7-8-19(25)26-13-14/h7-8,12-13,17H,2-6,9-11H2,1H3,(H,27,34)(H2,28,29,30,31,32)/t17-/m0/s1. The summed E-state index contributed by atoms with van der Waals surface area (Å²) in [6.45, 7) is 2.94. The van der Waals surface area contributed by atoms with Crippen LogP contribution in [-0.4, -0.2) is 43.6 Å². The quantitative estimate of drug-likeness (QED) is 0.480. The molecule has 1 amide bonds. The third-order valence-corrected chi connectivity index (χ3v) is 7.20. The number of aromatic nitrogens is 5. The molecule has 4 heterocycles. The summed E-state index contributed by atoms with van der Waals surface area (Å²) in [5.41, 5.74) is 3.98. The molecule has 1 saturated carbocycles. The van der Waals surface area contributed by atoms with Crippen molar-refractivity contribution in [3.8, 4) is 0 Å². The molecule has 176 valence electrons. The fourth-order valence-corrected chi connectivity index (χ4v) is 4.88. The van der Waals surface area contributed by atoms with Crippen molar-refractivity contribution in [1.29, 1.82) is 0 Å². The molecular formula is C24H27FN8O. The minimum Gasteiger partial charge on any atom is -0.329 e. The maximum absolute atomic E-state index is 13.1. The summed E-state index contributed by atoms with van der Waals surface area (Å²) in [5, 5.41) is 13.9. The number of hydrogen-bond donors (Lipinski definition) is 3. The lowest BCUT2D eigenvalue weighted by atomic mass is 10.1. The molecule has 3 aliphatic rings. The van der Waals surface area contributed by atoms with Crippen molar-refractivity contribution in [2.75, 3.05) is 22.1 Å². The van der Waals surface area contributed by atoms with Crippen LogP contribution in [0.15, 0.2) is 24.4 Å². The third kappa shape index (κ3) is 3.86. The number of aromatic amines is 1. The van der Waals surface area contributed by atoms with Crippen molar-refractivity contribution in [1.82, 2.24) is 25.1 Å². The van der Waals surface area contributed by atoms with Gasteiger partial charge in [0.2, 0.25) is 17.8 Å². The van der Waals surface area contributed by atoms with E-state index in [2.05, 4.69) is 38.8 Å². The molecule has 3 N–H and O–H groups in total. The molecule has 1 saturated heterocycles. The second-order valence-corrected chi connectivity index (χ2v) is 9.71. The average molecular weight is 463 g/mol. The Morgan fingerprint density at radius 1 is 1.24 bits per heavy atom. The Morgan fingerprint density at radius 3 is 2.91 bits per heavy atom. The van der Waals surface area contributed by atoms with Crippen molar-refractivity contribution < 1.29 is 9.18 Å². The number of rotatable bonds is 6. The first-order valence-corrected chi connectivity index (χ1v) is 11.9. The summed E-state index contributed by atoms with van der Waals surface area (Å²) >= 11 is 0. The second kappa shape index (κ2) is 8.03. The van der Waals surface area contributed by atoms with Gasteiger partial charge in [0, 0.05) is 29.3 Å². The first kappa shape index (κ1) is 21.0. The molecule has 0 bridgehead atoms. The van der Waals surface area contributed by atoms with Crippen molar-refractivity contribution >= 4 is 29.2 Å². The Morgan fingerprint density at radius 2 is 2.12 bits per heavy atom. The summed E-state index contributed by atoms with van der Waals surface area (Å²) in [5.74, 6) is 1.33. The Balaban J connectivity index is 1.25. The predicted molar refractivity (Wildman–Crippen MR) is 126 cm³/mol. The van der Waals surface area contributed by atoms with Crippen LogP contribution in [0.1, 0.15) is 56.0 Å². The third-order valence-electron chi connectivity index (χ3n) is 7.20. The molecule has 1 atom stereocenters. The molecule has 0 aromatic carbocycles. The van der Waals surface area contributed by atoms with E-state index in [9.17, 15) is 9.18 Å². The molecule has 6 rings (SSSR count). The van der Waals surface area contributed by atoms with Gasteiger partial charge in [-0.05, 0) is 57.1 Å². The van der Waals surface area contributed by atoms with E-state index in [-0.39, 0.29) is 11.3 Å². The van der Waals surface area contributed by atoms with Crippen molar-refractivity contribution in [3.63, 3.8) is 0 Å². The fourth-order valence-electron chi connectivity index (χ4n) is 4.88. The maximum Gasteiger partial charge on any atom is 0.247 e. The molecule has 0 radical (unpaired) electrons. The van der Waals surface area contributed by atoms with Crippen molar-refractivity contribution in [3.05, 3.63) is 47.3 Å².